The number of hydrogen-bond acceptors (Lipinski definition) is 8. The van der Waals surface area contributed by atoms with Gasteiger partial charge in [0.2, 0.25) is 5.91 Å². The monoisotopic (exact) mass is 408 g/mol. The topological polar surface area (TPSA) is 127 Å². The highest BCUT2D eigenvalue weighted by molar-refractivity contribution is 5.75. The van der Waals surface area contributed by atoms with Gasteiger partial charge in [0, 0.05) is 30.5 Å². The molecule has 10 nitrogen and oxygen atoms in total. The van der Waals surface area contributed by atoms with Gasteiger partial charge in [-0.2, -0.15) is 0 Å². The van der Waals surface area contributed by atoms with Gasteiger partial charge < -0.3 is 16.0 Å². The molecule has 0 aliphatic carbocycles. The summed E-state index contributed by atoms with van der Waals surface area (Å²) in [5.41, 5.74) is 2.10. The van der Waals surface area contributed by atoms with Crippen molar-refractivity contribution in [1.82, 2.24) is 30.0 Å². The first-order valence-electron chi connectivity index (χ1n) is 9.49. The summed E-state index contributed by atoms with van der Waals surface area (Å²) in [5, 5.41) is 17.1. The SMILES string of the molecule is Cc1ccnc(Nc2ccc(NCCNC(=O)Cn3cnc(C)c(C)c3=O)nn2)c1. The molecule has 156 valence electrons. The van der Waals surface area contributed by atoms with Gasteiger partial charge in [0.1, 0.15) is 18.2 Å². The van der Waals surface area contributed by atoms with E-state index >= 15 is 0 Å². The highest BCUT2D eigenvalue weighted by atomic mass is 16.2. The predicted octanol–water partition coefficient (Wildman–Crippen LogP) is 1.33. The molecule has 0 saturated heterocycles. The van der Waals surface area contributed by atoms with Gasteiger partial charge in [0.25, 0.3) is 5.56 Å². The Bertz CT molecular complexity index is 1080. The number of aromatic nitrogens is 5. The first-order valence-corrected chi connectivity index (χ1v) is 9.49. The molecule has 3 aromatic heterocycles. The summed E-state index contributed by atoms with van der Waals surface area (Å²) in [7, 11) is 0. The van der Waals surface area contributed by atoms with E-state index in [1.807, 2.05) is 19.1 Å². The van der Waals surface area contributed by atoms with Crippen LogP contribution in [-0.2, 0) is 11.3 Å². The summed E-state index contributed by atoms with van der Waals surface area (Å²) in [6, 6.07) is 7.41. The molecule has 3 N–H and O–H groups in total. The lowest BCUT2D eigenvalue weighted by Crippen LogP contribution is -2.35. The summed E-state index contributed by atoms with van der Waals surface area (Å²) in [6.45, 7) is 6.22. The Balaban J connectivity index is 1.42. The van der Waals surface area contributed by atoms with Crippen LogP contribution in [-0.4, -0.2) is 43.7 Å². The van der Waals surface area contributed by atoms with Gasteiger partial charge in [-0.25, -0.2) is 9.97 Å². The number of amides is 1. The lowest BCUT2D eigenvalue weighted by atomic mass is 10.3. The van der Waals surface area contributed by atoms with Gasteiger partial charge in [-0.15, -0.1) is 10.2 Å². The third kappa shape index (κ3) is 5.60. The zero-order valence-corrected chi connectivity index (χ0v) is 17.1. The van der Waals surface area contributed by atoms with Crippen molar-refractivity contribution in [2.75, 3.05) is 23.7 Å². The largest absolute Gasteiger partial charge is 0.367 e. The fourth-order valence-electron chi connectivity index (χ4n) is 2.62. The van der Waals surface area contributed by atoms with E-state index in [0.29, 0.717) is 41.8 Å². The van der Waals surface area contributed by atoms with Crippen LogP contribution in [0.4, 0.5) is 17.5 Å². The lowest BCUT2D eigenvalue weighted by molar-refractivity contribution is -0.121. The minimum absolute atomic E-state index is 0.0693. The summed E-state index contributed by atoms with van der Waals surface area (Å²) >= 11 is 0. The van der Waals surface area contributed by atoms with Gasteiger partial charge in [-0.3, -0.25) is 14.2 Å². The van der Waals surface area contributed by atoms with E-state index in [4.69, 9.17) is 0 Å². The molecule has 10 heteroatoms. The van der Waals surface area contributed by atoms with Crippen molar-refractivity contribution in [2.24, 2.45) is 0 Å². The van der Waals surface area contributed by atoms with Crippen molar-refractivity contribution < 1.29 is 4.79 Å². The van der Waals surface area contributed by atoms with Crippen molar-refractivity contribution in [3.05, 3.63) is 64.0 Å². The zero-order chi connectivity index (χ0) is 21.5. The standard InChI is InChI=1S/C20H24N8O2/c1-13-6-7-21-18(10-13)25-17-5-4-16(26-27-17)22-8-9-23-19(29)11-28-12-24-15(3)14(2)20(28)30/h4-7,10,12H,8-9,11H2,1-3H3,(H,22,26)(H,23,29)(H,21,25,27). The van der Waals surface area contributed by atoms with Crippen molar-refractivity contribution >= 4 is 23.4 Å². The fraction of sp³-hybridized carbons (Fsp3) is 0.300. The minimum Gasteiger partial charge on any atom is -0.367 e. The summed E-state index contributed by atoms with van der Waals surface area (Å²) < 4.78 is 1.30. The van der Waals surface area contributed by atoms with Crippen molar-refractivity contribution in [2.45, 2.75) is 27.3 Å². The second kappa shape index (κ2) is 9.59. The predicted molar refractivity (Wildman–Crippen MR) is 114 cm³/mol. The Morgan fingerprint density at radius 3 is 2.50 bits per heavy atom. The van der Waals surface area contributed by atoms with Crippen LogP contribution in [0.15, 0.2) is 41.6 Å². The highest BCUT2D eigenvalue weighted by Crippen LogP contribution is 2.13. The van der Waals surface area contributed by atoms with Crippen LogP contribution < -0.4 is 21.5 Å². The molecule has 3 rings (SSSR count). The molecule has 0 aromatic carbocycles. The van der Waals surface area contributed by atoms with Crippen LogP contribution in [0.2, 0.25) is 0 Å². The van der Waals surface area contributed by atoms with Crippen LogP contribution in [0.1, 0.15) is 16.8 Å². The molecule has 0 radical (unpaired) electrons. The normalized spacial score (nSPS) is 10.5. The Labute approximate surface area is 173 Å². The van der Waals surface area contributed by atoms with Crippen molar-refractivity contribution in [1.29, 1.82) is 0 Å². The molecule has 0 bridgehead atoms. The average molecular weight is 408 g/mol. The maximum atomic E-state index is 12.1. The number of carbonyl (C=O) groups excluding carboxylic acids is 1. The Hall–Kier alpha value is -3.82. The molecular formula is C20H24N8O2. The maximum absolute atomic E-state index is 12.1. The number of pyridine rings is 1. The molecule has 0 unspecified atom stereocenters. The number of carbonyl (C=O) groups is 1. The van der Waals surface area contributed by atoms with Crippen molar-refractivity contribution in [3.8, 4) is 0 Å². The average Bonchev–Trinajstić information content (AvgIpc) is 2.73. The molecule has 3 aromatic rings. The number of hydrogen-bond donors (Lipinski definition) is 3. The van der Waals surface area contributed by atoms with E-state index in [-0.39, 0.29) is 18.0 Å². The van der Waals surface area contributed by atoms with Crippen LogP contribution in [0, 0.1) is 20.8 Å². The summed E-state index contributed by atoms with van der Waals surface area (Å²) in [5.74, 6) is 1.60. The van der Waals surface area contributed by atoms with Crippen molar-refractivity contribution in [3.63, 3.8) is 0 Å². The van der Waals surface area contributed by atoms with Crippen LogP contribution >= 0.6 is 0 Å². The fourth-order valence-corrected chi connectivity index (χ4v) is 2.62. The second-order valence-electron chi connectivity index (χ2n) is 6.81. The van der Waals surface area contributed by atoms with Gasteiger partial charge in [0.05, 0.1) is 6.33 Å². The Kier molecular flexibility index (Phi) is 6.68. The number of nitrogens with one attached hydrogen (secondary N) is 3. The molecule has 0 spiro atoms. The molecular weight excluding hydrogens is 384 g/mol. The zero-order valence-electron chi connectivity index (χ0n) is 17.1. The third-order valence-electron chi connectivity index (χ3n) is 4.42. The molecule has 1 amide bonds. The van der Waals surface area contributed by atoms with E-state index in [2.05, 4.69) is 36.1 Å². The molecule has 30 heavy (non-hydrogen) atoms. The lowest BCUT2D eigenvalue weighted by Gasteiger charge is -2.10. The first kappa shape index (κ1) is 20.9. The smallest absolute Gasteiger partial charge is 0.256 e. The molecule has 3 heterocycles. The summed E-state index contributed by atoms with van der Waals surface area (Å²) in [6.07, 6.45) is 3.11. The third-order valence-corrected chi connectivity index (χ3v) is 4.42. The highest BCUT2D eigenvalue weighted by Gasteiger charge is 2.08. The van der Waals surface area contributed by atoms with E-state index in [1.54, 1.807) is 32.2 Å². The number of nitrogens with zero attached hydrogens (tertiary/aromatic N) is 5. The van der Waals surface area contributed by atoms with Crippen LogP contribution in [0.25, 0.3) is 0 Å². The van der Waals surface area contributed by atoms with E-state index in [9.17, 15) is 9.59 Å². The quantitative estimate of drug-likeness (QED) is 0.477. The first-order chi connectivity index (χ1) is 14.4. The van der Waals surface area contributed by atoms with Crippen LogP contribution in [0.5, 0.6) is 0 Å². The summed E-state index contributed by atoms with van der Waals surface area (Å²) in [4.78, 5) is 32.5. The molecule has 0 aliphatic rings. The van der Waals surface area contributed by atoms with E-state index in [0.717, 1.165) is 5.56 Å². The Morgan fingerprint density at radius 1 is 1.00 bits per heavy atom. The second-order valence-corrected chi connectivity index (χ2v) is 6.81. The number of anilines is 3. The van der Waals surface area contributed by atoms with Gasteiger partial charge in [0.15, 0.2) is 5.82 Å². The minimum atomic E-state index is -0.264. The number of aryl methyl sites for hydroxylation is 2. The van der Waals surface area contributed by atoms with Gasteiger partial charge >= 0.3 is 0 Å². The molecule has 0 fully saturated rings. The number of rotatable bonds is 8. The maximum Gasteiger partial charge on any atom is 0.256 e. The Morgan fingerprint density at radius 2 is 1.77 bits per heavy atom. The molecule has 0 atom stereocenters. The van der Waals surface area contributed by atoms with Crippen LogP contribution in [0.3, 0.4) is 0 Å². The molecule has 0 saturated carbocycles. The van der Waals surface area contributed by atoms with E-state index in [1.165, 1.54) is 10.9 Å². The van der Waals surface area contributed by atoms with Gasteiger partial charge in [-0.1, -0.05) is 0 Å². The molecule has 0 aliphatic heterocycles. The van der Waals surface area contributed by atoms with Gasteiger partial charge in [-0.05, 0) is 50.6 Å². The van der Waals surface area contributed by atoms with E-state index < -0.39 is 0 Å².